The smallest absolute Gasteiger partial charge is 0.338 e. The van der Waals surface area contributed by atoms with Crippen molar-refractivity contribution in [1.29, 1.82) is 0 Å². The van der Waals surface area contributed by atoms with Crippen molar-refractivity contribution < 1.29 is 9.53 Å². The highest BCUT2D eigenvalue weighted by Gasteiger charge is 2.12. The predicted octanol–water partition coefficient (Wildman–Crippen LogP) is 3.83. The van der Waals surface area contributed by atoms with Crippen molar-refractivity contribution in [3.05, 3.63) is 52.1 Å². The maximum atomic E-state index is 11.7. The molecule has 2 nitrogen and oxygen atoms in total. The molecule has 1 rings (SSSR count). The van der Waals surface area contributed by atoms with Crippen molar-refractivity contribution in [3.8, 4) is 0 Å². The molecule has 0 heterocycles. The summed E-state index contributed by atoms with van der Waals surface area (Å²) in [5.41, 5.74) is 1.49. The van der Waals surface area contributed by atoms with E-state index in [0.717, 1.165) is 5.56 Å². The zero-order chi connectivity index (χ0) is 12.7. The SMILES string of the molecule is COC(=O)/C(=C/[C@H](C)/C=C/I)c1ccccc1. The number of allylic oxidation sites excluding steroid dienone is 2. The molecule has 17 heavy (non-hydrogen) atoms. The zero-order valence-electron chi connectivity index (χ0n) is 9.89. The zero-order valence-corrected chi connectivity index (χ0v) is 12.0. The van der Waals surface area contributed by atoms with Crippen LogP contribution in [0.15, 0.2) is 46.6 Å². The minimum atomic E-state index is -0.301. The fraction of sp³-hybridized carbons (Fsp3) is 0.214. The first-order valence-electron chi connectivity index (χ1n) is 5.31. The van der Waals surface area contributed by atoms with Gasteiger partial charge in [0.25, 0.3) is 0 Å². The van der Waals surface area contributed by atoms with Gasteiger partial charge in [0.2, 0.25) is 0 Å². The molecular weight excluding hydrogens is 327 g/mol. The van der Waals surface area contributed by atoms with Gasteiger partial charge in [-0.25, -0.2) is 4.79 Å². The summed E-state index contributed by atoms with van der Waals surface area (Å²) in [5.74, 6) is -0.105. The Morgan fingerprint density at radius 1 is 1.35 bits per heavy atom. The topological polar surface area (TPSA) is 26.3 Å². The van der Waals surface area contributed by atoms with Gasteiger partial charge >= 0.3 is 5.97 Å². The number of methoxy groups -OCH3 is 1. The second-order valence-electron chi connectivity index (χ2n) is 3.62. The molecule has 0 radical (unpaired) electrons. The van der Waals surface area contributed by atoms with Gasteiger partial charge in [0.05, 0.1) is 12.7 Å². The van der Waals surface area contributed by atoms with Gasteiger partial charge in [-0.15, -0.1) is 0 Å². The third-order valence-corrected chi connectivity index (χ3v) is 2.71. The van der Waals surface area contributed by atoms with E-state index in [0.29, 0.717) is 5.57 Å². The van der Waals surface area contributed by atoms with Crippen LogP contribution < -0.4 is 0 Å². The number of benzene rings is 1. The lowest BCUT2D eigenvalue weighted by atomic mass is 10.0. The van der Waals surface area contributed by atoms with Crippen LogP contribution >= 0.6 is 22.6 Å². The maximum absolute atomic E-state index is 11.7. The molecule has 1 aromatic rings. The molecule has 1 atom stereocenters. The Labute approximate surface area is 116 Å². The molecule has 0 bridgehead atoms. The van der Waals surface area contributed by atoms with Crippen LogP contribution in [0.3, 0.4) is 0 Å². The van der Waals surface area contributed by atoms with Crippen molar-refractivity contribution in [2.75, 3.05) is 7.11 Å². The number of rotatable bonds is 4. The molecule has 1 aromatic carbocycles. The van der Waals surface area contributed by atoms with Gasteiger partial charge in [-0.05, 0) is 15.6 Å². The van der Waals surface area contributed by atoms with Crippen molar-refractivity contribution in [3.63, 3.8) is 0 Å². The number of carbonyl (C=O) groups is 1. The van der Waals surface area contributed by atoms with Crippen molar-refractivity contribution in [2.24, 2.45) is 5.92 Å². The Hall–Kier alpha value is -1.10. The lowest BCUT2D eigenvalue weighted by molar-refractivity contribution is -0.133. The lowest BCUT2D eigenvalue weighted by Crippen LogP contribution is -2.05. The molecule has 0 aromatic heterocycles. The van der Waals surface area contributed by atoms with Crippen molar-refractivity contribution >= 4 is 34.1 Å². The molecule has 0 unspecified atom stereocenters. The van der Waals surface area contributed by atoms with Crippen LogP contribution in [0.5, 0.6) is 0 Å². The first kappa shape index (κ1) is 14.0. The lowest BCUT2D eigenvalue weighted by Gasteiger charge is -2.07. The van der Waals surface area contributed by atoms with Crippen LogP contribution in [0.1, 0.15) is 12.5 Å². The van der Waals surface area contributed by atoms with Gasteiger partial charge in [0.15, 0.2) is 0 Å². The fourth-order valence-corrected chi connectivity index (χ4v) is 2.10. The van der Waals surface area contributed by atoms with E-state index in [2.05, 4.69) is 22.6 Å². The van der Waals surface area contributed by atoms with Gasteiger partial charge in [0, 0.05) is 0 Å². The Balaban J connectivity index is 3.09. The van der Waals surface area contributed by atoms with E-state index in [1.807, 2.05) is 53.5 Å². The summed E-state index contributed by atoms with van der Waals surface area (Å²) in [7, 11) is 1.40. The van der Waals surface area contributed by atoms with Crippen LogP contribution in [-0.4, -0.2) is 13.1 Å². The molecule has 0 aliphatic heterocycles. The number of ether oxygens (including phenoxy) is 1. The van der Waals surface area contributed by atoms with E-state index < -0.39 is 0 Å². The van der Waals surface area contributed by atoms with Gasteiger partial charge < -0.3 is 4.74 Å². The van der Waals surface area contributed by atoms with Crippen molar-refractivity contribution in [2.45, 2.75) is 6.92 Å². The molecule has 0 aliphatic rings. The number of halogens is 1. The van der Waals surface area contributed by atoms with E-state index in [-0.39, 0.29) is 11.9 Å². The maximum Gasteiger partial charge on any atom is 0.338 e. The quantitative estimate of drug-likeness (QED) is 0.472. The molecular formula is C14H15IO2. The summed E-state index contributed by atoms with van der Waals surface area (Å²) in [5, 5.41) is 0. The third kappa shape index (κ3) is 4.34. The highest BCUT2D eigenvalue weighted by Crippen LogP contribution is 2.19. The second kappa shape index (κ2) is 7.27. The number of hydrogen-bond donors (Lipinski definition) is 0. The number of hydrogen-bond acceptors (Lipinski definition) is 2. The van der Waals surface area contributed by atoms with Crippen LogP contribution in [-0.2, 0) is 9.53 Å². The normalized spacial score (nSPS) is 13.7. The van der Waals surface area contributed by atoms with E-state index >= 15 is 0 Å². The first-order valence-corrected chi connectivity index (χ1v) is 6.56. The molecule has 90 valence electrons. The summed E-state index contributed by atoms with van der Waals surface area (Å²) in [6.07, 6.45) is 3.93. The summed E-state index contributed by atoms with van der Waals surface area (Å²) < 4.78 is 6.76. The Morgan fingerprint density at radius 3 is 2.53 bits per heavy atom. The minimum absolute atomic E-state index is 0.196. The molecule has 0 fully saturated rings. The Morgan fingerprint density at radius 2 is 2.00 bits per heavy atom. The van der Waals surface area contributed by atoms with E-state index in [1.165, 1.54) is 7.11 Å². The summed E-state index contributed by atoms with van der Waals surface area (Å²) in [6.45, 7) is 2.03. The molecule has 3 heteroatoms. The largest absolute Gasteiger partial charge is 0.465 e. The Kier molecular flexibility index (Phi) is 5.97. The van der Waals surface area contributed by atoms with E-state index in [4.69, 9.17) is 4.74 Å². The van der Waals surface area contributed by atoms with Crippen LogP contribution in [0, 0.1) is 5.92 Å². The Bertz CT molecular complexity index is 421. The van der Waals surface area contributed by atoms with Gasteiger partial charge in [0.1, 0.15) is 0 Å². The molecule has 0 spiro atoms. The van der Waals surface area contributed by atoms with Crippen LogP contribution in [0.2, 0.25) is 0 Å². The van der Waals surface area contributed by atoms with E-state index in [9.17, 15) is 4.79 Å². The summed E-state index contributed by atoms with van der Waals surface area (Å²) in [6, 6.07) is 9.55. The monoisotopic (exact) mass is 342 g/mol. The van der Waals surface area contributed by atoms with Gasteiger partial charge in [-0.1, -0.05) is 72.0 Å². The molecule has 0 amide bonds. The molecule has 0 aliphatic carbocycles. The fourth-order valence-electron chi connectivity index (χ4n) is 1.44. The average Bonchev–Trinajstić information content (AvgIpc) is 2.36. The third-order valence-electron chi connectivity index (χ3n) is 2.30. The molecule has 0 saturated heterocycles. The van der Waals surface area contributed by atoms with Gasteiger partial charge in [-0.3, -0.25) is 0 Å². The van der Waals surface area contributed by atoms with E-state index in [1.54, 1.807) is 0 Å². The van der Waals surface area contributed by atoms with Gasteiger partial charge in [-0.2, -0.15) is 0 Å². The molecule has 0 saturated carbocycles. The minimum Gasteiger partial charge on any atom is -0.465 e. The summed E-state index contributed by atoms with van der Waals surface area (Å²) in [4.78, 5) is 11.7. The number of esters is 1. The molecule has 0 N–H and O–H groups in total. The highest BCUT2D eigenvalue weighted by molar-refractivity contribution is 14.1. The first-order chi connectivity index (χ1) is 8.19. The second-order valence-corrected chi connectivity index (χ2v) is 4.33. The van der Waals surface area contributed by atoms with Crippen LogP contribution in [0.4, 0.5) is 0 Å². The summed E-state index contributed by atoms with van der Waals surface area (Å²) >= 11 is 2.16. The number of carbonyl (C=O) groups excluding carboxylic acids is 1. The average molecular weight is 342 g/mol. The van der Waals surface area contributed by atoms with Crippen molar-refractivity contribution in [1.82, 2.24) is 0 Å². The predicted molar refractivity (Wildman–Crippen MR) is 78.8 cm³/mol. The standard InChI is InChI=1S/C14H15IO2/c1-11(8-9-15)10-13(14(16)17-2)12-6-4-3-5-7-12/h3-11H,1-2H3/b9-8+,13-10+/t11-/m1/s1. The van der Waals surface area contributed by atoms with Crippen LogP contribution in [0.25, 0.3) is 5.57 Å². The highest BCUT2D eigenvalue weighted by atomic mass is 127.